The van der Waals surface area contributed by atoms with Crippen LogP contribution in [-0.4, -0.2) is 61.9 Å². The van der Waals surface area contributed by atoms with Crippen molar-refractivity contribution in [2.24, 2.45) is 0 Å². The number of hydrogen-bond acceptors (Lipinski definition) is 5. The molecule has 1 aromatic carbocycles. The van der Waals surface area contributed by atoms with Crippen molar-refractivity contribution in [3.05, 3.63) is 23.8 Å². The fraction of sp³-hybridized carbons (Fsp3) is 0.533. The van der Waals surface area contributed by atoms with Gasteiger partial charge in [-0.05, 0) is 32.2 Å². The number of benzene rings is 1. The fourth-order valence-electron chi connectivity index (χ4n) is 2.42. The first kappa shape index (κ1) is 14.8. The summed E-state index contributed by atoms with van der Waals surface area (Å²) in [6, 6.07) is 5.54. The van der Waals surface area contributed by atoms with Gasteiger partial charge in [0.25, 0.3) is 0 Å². The Morgan fingerprint density at radius 1 is 1.30 bits per heavy atom. The molecule has 1 fully saturated rings. The van der Waals surface area contributed by atoms with Crippen LogP contribution in [0.2, 0.25) is 0 Å². The summed E-state index contributed by atoms with van der Waals surface area (Å²) in [5.74, 6) is 0.00601. The Hall–Kier alpha value is -1.59. The van der Waals surface area contributed by atoms with Crippen molar-refractivity contribution < 1.29 is 4.79 Å². The molecule has 0 radical (unpaired) electrons. The number of nitrogen functional groups attached to an aromatic ring is 1. The number of piperazine rings is 1. The Morgan fingerprint density at radius 3 is 2.60 bits per heavy atom. The zero-order valence-corrected chi connectivity index (χ0v) is 12.4. The van der Waals surface area contributed by atoms with Gasteiger partial charge < -0.3 is 16.0 Å². The Bertz CT molecular complexity index is 467. The minimum Gasteiger partial charge on any atom is -0.398 e. The molecule has 5 heteroatoms. The molecule has 0 atom stereocenters. The third kappa shape index (κ3) is 3.95. The van der Waals surface area contributed by atoms with Gasteiger partial charge in [0.15, 0.2) is 5.78 Å². The van der Waals surface area contributed by atoms with Crippen molar-refractivity contribution in [2.45, 2.75) is 6.92 Å². The van der Waals surface area contributed by atoms with Gasteiger partial charge in [-0.3, -0.25) is 9.69 Å². The van der Waals surface area contributed by atoms with E-state index in [0.717, 1.165) is 45.0 Å². The Labute approximate surface area is 120 Å². The minimum atomic E-state index is 0.00601. The Balaban J connectivity index is 1.79. The highest BCUT2D eigenvalue weighted by atomic mass is 16.1. The number of rotatable bonds is 5. The summed E-state index contributed by atoms with van der Waals surface area (Å²) >= 11 is 0. The van der Waals surface area contributed by atoms with Gasteiger partial charge in [0.1, 0.15) is 0 Å². The maximum atomic E-state index is 11.3. The number of hydrogen-bond donors (Lipinski definition) is 2. The molecule has 1 saturated heterocycles. The number of carbonyl (C=O) groups excluding carboxylic acids is 1. The SMILES string of the molecule is CC(=O)c1ccc(NCCN2CCN(C)CC2)cc1N. The lowest BCUT2D eigenvalue weighted by Gasteiger charge is -2.32. The molecule has 0 spiro atoms. The van der Waals surface area contributed by atoms with Gasteiger partial charge in [-0.1, -0.05) is 0 Å². The third-order valence-electron chi connectivity index (χ3n) is 3.78. The second kappa shape index (κ2) is 6.72. The van der Waals surface area contributed by atoms with Gasteiger partial charge in [0, 0.05) is 56.2 Å². The van der Waals surface area contributed by atoms with Gasteiger partial charge in [0.2, 0.25) is 0 Å². The lowest BCUT2D eigenvalue weighted by atomic mass is 10.1. The van der Waals surface area contributed by atoms with E-state index in [9.17, 15) is 4.79 Å². The van der Waals surface area contributed by atoms with Crippen LogP contribution in [0.4, 0.5) is 11.4 Å². The number of likely N-dealkylation sites (N-methyl/N-ethyl adjacent to an activating group) is 1. The molecule has 0 amide bonds. The first-order valence-corrected chi connectivity index (χ1v) is 7.11. The number of carbonyl (C=O) groups is 1. The number of Topliss-reactive ketones (excluding diaryl/α,β-unsaturated/α-hetero) is 1. The minimum absolute atomic E-state index is 0.00601. The zero-order chi connectivity index (χ0) is 14.5. The summed E-state index contributed by atoms with van der Waals surface area (Å²) in [4.78, 5) is 16.1. The van der Waals surface area contributed by atoms with Gasteiger partial charge in [0.05, 0.1) is 0 Å². The first-order chi connectivity index (χ1) is 9.56. The van der Waals surface area contributed by atoms with Crippen LogP contribution in [0.25, 0.3) is 0 Å². The van der Waals surface area contributed by atoms with E-state index >= 15 is 0 Å². The smallest absolute Gasteiger partial charge is 0.161 e. The molecule has 3 N–H and O–H groups in total. The molecular weight excluding hydrogens is 252 g/mol. The Kier molecular flexibility index (Phi) is 4.98. The number of anilines is 2. The van der Waals surface area contributed by atoms with E-state index in [1.54, 1.807) is 6.07 Å². The molecule has 110 valence electrons. The second-order valence-electron chi connectivity index (χ2n) is 5.43. The van der Waals surface area contributed by atoms with E-state index in [2.05, 4.69) is 22.2 Å². The van der Waals surface area contributed by atoms with Crippen LogP contribution in [0.15, 0.2) is 18.2 Å². The van der Waals surface area contributed by atoms with Crippen molar-refractivity contribution in [3.8, 4) is 0 Å². The molecule has 2 rings (SSSR count). The van der Waals surface area contributed by atoms with E-state index in [0.29, 0.717) is 11.3 Å². The van der Waals surface area contributed by atoms with Crippen LogP contribution in [0, 0.1) is 0 Å². The van der Waals surface area contributed by atoms with E-state index in [4.69, 9.17) is 5.73 Å². The molecule has 20 heavy (non-hydrogen) atoms. The summed E-state index contributed by atoms with van der Waals surface area (Å²) in [5, 5.41) is 3.36. The monoisotopic (exact) mass is 276 g/mol. The van der Waals surface area contributed by atoms with Crippen LogP contribution >= 0.6 is 0 Å². The third-order valence-corrected chi connectivity index (χ3v) is 3.78. The number of nitrogens with two attached hydrogens (primary N) is 1. The molecule has 1 heterocycles. The molecule has 5 nitrogen and oxygen atoms in total. The lowest BCUT2D eigenvalue weighted by Crippen LogP contribution is -2.45. The maximum Gasteiger partial charge on any atom is 0.161 e. The van der Waals surface area contributed by atoms with E-state index in [1.165, 1.54) is 6.92 Å². The quantitative estimate of drug-likeness (QED) is 0.623. The molecule has 0 unspecified atom stereocenters. The maximum absolute atomic E-state index is 11.3. The van der Waals surface area contributed by atoms with Crippen LogP contribution in [-0.2, 0) is 0 Å². The van der Waals surface area contributed by atoms with E-state index in [1.807, 2.05) is 12.1 Å². The van der Waals surface area contributed by atoms with Crippen molar-refractivity contribution in [2.75, 3.05) is 57.4 Å². The normalized spacial score (nSPS) is 17.1. The molecule has 1 aromatic rings. The first-order valence-electron chi connectivity index (χ1n) is 7.11. The molecule has 0 aromatic heterocycles. The second-order valence-corrected chi connectivity index (χ2v) is 5.43. The average molecular weight is 276 g/mol. The lowest BCUT2D eigenvalue weighted by molar-refractivity contribution is 0.101. The largest absolute Gasteiger partial charge is 0.398 e. The number of nitrogens with zero attached hydrogens (tertiary/aromatic N) is 2. The van der Waals surface area contributed by atoms with E-state index < -0.39 is 0 Å². The topological polar surface area (TPSA) is 61.6 Å². The standard InChI is InChI=1S/C15H24N4O/c1-12(20)14-4-3-13(11-15(14)16)17-5-6-19-9-7-18(2)8-10-19/h3-4,11,17H,5-10,16H2,1-2H3. The summed E-state index contributed by atoms with van der Waals surface area (Å²) in [7, 11) is 2.16. The van der Waals surface area contributed by atoms with Crippen molar-refractivity contribution >= 4 is 17.2 Å². The van der Waals surface area contributed by atoms with Gasteiger partial charge in [-0.2, -0.15) is 0 Å². The molecule has 0 saturated carbocycles. The van der Waals surface area contributed by atoms with Crippen LogP contribution in [0.1, 0.15) is 17.3 Å². The highest BCUT2D eigenvalue weighted by molar-refractivity contribution is 5.99. The van der Waals surface area contributed by atoms with E-state index in [-0.39, 0.29) is 5.78 Å². The molecule has 0 bridgehead atoms. The summed E-state index contributed by atoms with van der Waals surface area (Å²) in [6.07, 6.45) is 0. The summed E-state index contributed by atoms with van der Waals surface area (Å²) < 4.78 is 0. The number of nitrogens with one attached hydrogen (secondary N) is 1. The molecule has 0 aliphatic carbocycles. The summed E-state index contributed by atoms with van der Waals surface area (Å²) in [5.41, 5.74) is 7.98. The Morgan fingerprint density at radius 2 is 2.00 bits per heavy atom. The van der Waals surface area contributed by atoms with Gasteiger partial charge >= 0.3 is 0 Å². The average Bonchev–Trinajstić information content (AvgIpc) is 2.41. The molecular formula is C15H24N4O. The van der Waals surface area contributed by atoms with Crippen molar-refractivity contribution in [3.63, 3.8) is 0 Å². The predicted molar refractivity (Wildman–Crippen MR) is 83.3 cm³/mol. The summed E-state index contributed by atoms with van der Waals surface area (Å²) in [6.45, 7) is 7.99. The molecule has 1 aliphatic rings. The highest BCUT2D eigenvalue weighted by Gasteiger charge is 2.12. The molecule has 1 aliphatic heterocycles. The number of ketones is 1. The zero-order valence-electron chi connectivity index (χ0n) is 12.4. The van der Waals surface area contributed by atoms with Gasteiger partial charge in [-0.25, -0.2) is 0 Å². The highest BCUT2D eigenvalue weighted by Crippen LogP contribution is 2.18. The fourth-order valence-corrected chi connectivity index (χ4v) is 2.42. The van der Waals surface area contributed by atoms with Gasteiger partial charge in [-0.15, -0.1) is 0 Å². The van der Waals surface area contributed by atoms with Crippen molar-refractivity contribution in [1.29, 1.82) is 0 Å². The predicted octanol–water partition coefficient (Wildman–Crippen LogP) is 1.13. The van der Waals surface area contributed by atoms with Crippen LogP contribution in [0.3, 0.4) is 0 Å². The van der Waals surface area contributed by atoms with Crippen LogP contribution < -0.4 is 11.1 Å². The van der Waals surface area contributed by atoms with Crippen LogP contribution in [0.5, 0.6) is 0 Å². The van der Waals surface area contributed by atoms with Crippen molar-refractivity contribution in [1.82, 2.24) is 9.80 Å².